The maximum Gasteiger partial charge on any atom is 0.411 e. The van der Waals surface area contributed by atoms with Crippen LogP contribution in [0.25, 0.3) is 0 Å². The standard InChI is InChI=1S/C6H10F3NO/c7-6(8,9)5-11-4-2-1-3-10/h1-2H,3-5,10H2. The van der Waals surface area contributed by atoms with Crippen LogP contribution in [0.4, 0.5) is 13.2 Å². The SMILES string of the molecule is NCC=CCOCC(F)(F)F. The summed E-state index contributed by atoms with van der Waals surface area (Å²) in [4.78, 5) is 0. The molecule has 2 nitrogen and oxygen atoms in total. The van der Waals surface area contributed by atoms with E-state index in [1.54, 1.807) is 0 Å². The molecule has 0 saturated carbocycles. The molecule has 0 rings (SSSR count). The quantitative estimate of drug-likeness (QED) is 0.505. The maximum absolute atomic E-state index is 11.4. The number of hydrogen-bond acceptors (Lipinski definition) is 2. The van der Waals surface area contributed by atoms with Crippen molar-refractivity contribution >= 4 is 0 Å². The Labute approximate surface area is 62.8 Å². The van der Waals surface area contributed by atoms with Gasteiger partial charge in [0.1, 0.15) is 6.61 Å². The lowest BCUT2D eigenvalue weighted by molar-refractivity contribution is -0.171. The van der Waals surface area contributed by atoms with Gasteiger partial charge >= 0.3 is 6.18 Å². The van der Waals surface area contributed by atoms with Crippen molar-refractivity contribution in [2.75, 3.05) is 19.8 Å². The zero-order valence-electron chi connectivity index (χ0n) is 5.90. The van der Waals surface area contributed by atoms with Gasteiger partial charge < -0.3 is 10.5 Å². The lowest BCUT2D eigenvalue weighted by Gasteiger charge is -2.04. The van der Waals surface area contributed by atoms with Gasteiger partial charge in [0.15, 0.2) is 0 Å². The Kier molecular flexibility index (Phi) is 4.89. The highest BCUT2D eigenvalue weighted by Gasteiger charge is 2.26. The minimum absolute atomic E-state index is 0.0449. The third kappa shape index (κ3) is 9.45. The smallest absolute Gasteiger partial charge is 0.368 e. The van der Waals surface area contributed by atoms with Gasteiger partial charge in [0.2, 0.25) is 0 Å². The molecule has 0 aliphatic rings. The van der Waals surface area contributed by atoms with Crippen LogP contribution >= 0.6 is 0 Å². The van der Waals surface area contributed by atoms with Crippen molar-refractivity contribution in [1.29, 1.82) is 0 Å². The van der Waals surface area contributed by atoms with Crippen molar-refractivity contribution in [1.82, 2.24) is 0 Å². The predicted octanol–water partition coefficient (Wildman–Crippen LogP) is 1.08. The molecule has 2 N–H and O–H groups in total. The summed E-state index contributed by atoms with van der Waals surface area (Å²) in [7, 11) is 0. The molecule has 0 bridgehead atoms. The molecule has 0 aliphatic carbocycles. The zero-order valence-corrected chi connectivity index (χ0v) is 5.90. The Balaban J connectivity index is 3.21. The molecule has 0 radical (unpaired) electrons. The molecule has 0 heterocycles. The minimum atomic E-state index is -4.24. The van der Waals surface area contributed by atoms with E-state index in [-0.39, 0.29) is 6.61 Å². The molecule has 0 atom stereocenters. The summed E-state index contributed by atoms with van der Waals surface area (Å²) in [6, 6.07) is 0. The van der Waals surface area contributed by atoms with Crippen LogP contribution in [0.2, 0.25) is 0 Å². The first-order valence-electron chi connectivity index (χ1n) is 3.06. The summed E-state index contributed by atoms with van der Waals surface area (Å²) in [6.07, 6.45) is -1.25. The summed E-state index contributed by atoms with van der Waals surface area (Å²) < 4.78 is 38.4. The molecular formula is C6H10F3NO. The van der Waals surface area contributed by atoms with E-state index < -0.39 is 12.8 Å². The van der Waals surface area contributed by atoms with Gasteiger partial charge in [0.25, 0.3) is 0 Å². The van der Waals surface area contributed by atoms with Crippen molar-refractivity contribution in [3.05, 3.63) is 12.2 Å². The first-order chi connectivity index (χ1) is 5.06. The third-order valence-corrected chi connectivity index (χ3v) is 0.783. The molecule has 5 heteroatoms. The molecule has 66 valence electrons. The van der Waals surface area contributed by atoms with Crippen molar-refractivity contribution < 1.29 is 17.9 Å². The van der Waals surface area contributed by atoms with Crippen LogP contribution < -0.4 is 5.73 Å². The second kappa shape index (κ2) is 5.15. The number of ether oxygens (including phenoxy) is 1. The summed E-state index contributed by atoms with van der Waals surface area (Å²) in [5, 5.41) is 0. The fraction of sp³-hybridized carbons (Fsp3) is 0.667. The highest BCUT2D eigenvalue weighted by molar-refractivity contribution is 4.81. The van der Waals surface area contributed by atoms with Crippen molar-refractivity contribution in [2.45, 2.75) is 6.18 Å². The number of rotatable bonds is 4. The largest absolute Gasteiger partial charge is 0.411 e. The molecular weight excluding hydrogens is 159 g/mol. The molecule has 0 unspecified atom stereocenters. The van der Waals surface area contributed by atoms with Crippen LogP contribution in [0.15, 0.2) is 12.2 Å². The maximum atomic E-state index is 11.4. The second-order valence-electron chi connectivity index (χ2n) is 1.84. The van der Waals surface area contributed by atoms with Gasteiger partial charge in [-0.1, -0.05) is 12.2 Å². The van der Waals surface area contributed by atoms with Gasteiger partial charge in [-0.2, -0.15) is 13.2 Å². The Morgan fingerprint density at radius 3 is 2.36 bits per heavy atom. The molecule has 0 aromatic carbocycles. The van der Waals surface area contributed by atoms with Gasteiger partial charge in [0.05, 0.1) is 6.61 Å². The van der Waals surface area contributed by atoms with E-state index >= 15 is 0 Å². The summed E-state index contributed by atoms with van der Waals surface area (Å²) in [5.74, 6) is 0. The van der Waals surface area contributed by atoms with Crippen LogP contribution in [0.1, 0.15) is 0 Å². The van der Waals surface area contributed by atoms with Crippen LogP contribution in [0.3, 0.4) is 0 Å². The van der Waals surface area contributed by atoms with Crippen LogP contribution in [-0.4, -0.2) is 25.9 Å². The van der Waals surface area contributed by atoms with E-state index in [1.165, 1.54) is 12.2 Å². The molecule has 0 aromatic heterocycles. The topological polar surface area (TPSA) is 35.2 Å². The monoisotopic (exact) mass is 169 g/mol. The van der Waals surface area contributed by atoms with Gasteiger partial charge in [0, 0.05) is 6.54 Å². The van der Waals surface area contributed by atoms with E-state index in [0.717, 1.165) is 0 Å². The van der Waals surface area contributed by atoms with Gasteiger partial charge in [-0.25, -0.2) is 0 Å². The van der Waals surface area contributed by atoms with E-state index in [1.807, 2.05) is 0 Å². The Morgan fingerprint density at radius 1 is 1.27 bits per heavy atom. The normalized spacial score (nSPS) is 12.7. The summed E-state index contributed by atoms with van der Waals surface area (Å²) in [5.41, 5.74) is 5.03. The highest BCUT2D eigenvalue weighted by atomic mass is 19.4. The second-order valence-corrected chi connectivity index (χ2v) is 1.84. The summed E-state index contributed by atoms with van der Waals surface area (Å²) in [6.45, 7) is -0.937. The predicted molar refractivity (Wildman–Crippen MR) is 35.1 cm³/mol. The lowest BCUT2D eigenvalue weighted by atomic mass is 10.5. The van der Waals surface area contributed by atoms with Crippen molar-refractivity contribution in [3.63, 3.8) is 0 Å². The third-order valence-electron chi connectivity index (χ3n) is 0.783. The lowest BCUT2D eigenvalue weighted by Crippen LogP contribution is -2.16. The number of alkyl halides is 3. The average Bonchev–Trinajstić information content (AvgIpc) is 1.85. The Morgan fingerprint density at radius 2 is 1.91 bits per heavy atom. The van der Waals surface area contributed by atoms with Crippen LogP contribution in [0, 0.1) is 0 Å². The van der Waals surface area contributed by atoms with E-state index in [2.05, 4.69) is 4.74 Å². The molecule has 0 aliphatic heterocycles. The number of hydrogen-bond donors (Lipinski definition) is 1. The molecule has 0 spiro atoms. The molecule has 0 aromatic rings. The highest BCUT2D eigenvalue weighted by Crippen LogP contribution is 2.13. The van der Waals surface area contributed by atoms with E-state index in [0.29, 0.717) is 6.54 Å². The molecule has 0 amide bonds. The van der Waals surface area contributed by atoms with Crippen molar-refractivity contribution in [2.24, 2.45) is 5.73 Å². The van der Waals surface area contributed by atoms with Crippen LogP contribution in [0.5, 0.6) is 0 Å². The van der Waals surface area contributed by atoms with Crippen molar-refractivity contribution in [3.8, 4) is 0 Å². The van der Waals surface area contributed by atoms with Gasteiger partial charge in [-0.3, -0.25) is 0 Å². The molecule has 0 saturated heterocycles. The minimum Gasteiger partial charge on any atom is -0.368 e. The van der Waals surface area contributed by atoms with Gasteiger partial charge in [-0.15, -0.1) is 0 Å². The fourth-order valence-corrected chi connectivity index (χ4v) is 0.407. The molecule has 11 heavy (non-hydrogen) atoms. The molecule has 0 fully saturated rings. The van der Waals surface area contributed by atoms with Gasteiger partial charge in [-0.05, 0) is 0 Å². The fourth-order valence-electron chi connectivity index (χ4n) is 0.407. The van der Waals surface area contributed by atoms with Crippen LogP contribution in [-0.2, 0) is 4.74 Å². The number of halogens is 3. The average molecular weight is 169 g/mol. The first kappa shape index (κ1) is 10.4. The Bertz CT molecular complexity index is 121. The zero-order chi connectivity index (χ0) is 8.74. The Hall–Kier alpha value is -0.550. The first-order valence-corrected chi connectivity index (χ1v) is 3.06. The number of nitrogens with two attached hydrogens (primary N) is 1. The van der Waals surface area contributed by atoms with E-state index in [9.17, 15) is 13.2 Å². The summed E-state index contributed by atoms with van der Waals surface area (Å²) >= 11 is 0. The van der Waals surface area contributed by atoms with E-state index in [4.69, 9.17) is 5.73 Å².